The molecule has 0 saturated carbocycles. The van der Waals surface area contributed by atoms with Crippen molar-refractivity contribution in [1.29, 1.82) is 0 Å². The number of thioether (sulfide) groups is 2. The van der Waals surface area contributed by atoms with Crippen LogP contribution in [0.5, 0.6) is 0 Å². The van der Waals surface area contributed by atoms with Crippen molar-refractivity contribution in [2.24, 2.45) is 0 Å². The Kier molecular flexibility index (Phi) is 4.66. The third-order valence-electron chi connectivity index (χ3n) is 4.16. The Morgan fingerprint density at radius 1 is 1.24 bits per heavy atom. The number of benzene rings is 1. The second-order valence-corrected chi connectivity index (χ2v) is 8.23. The molecule has 1 spiro atoms. The molecule has 2 saturated heterocycles. The lowest BCUT2D eigenvalue weighted by molar-refractivity contribution is -0.0805. The average Bonchev–Trinajstić information content (AvgIpc) is 2.44. The van der Waals surface area contributed by atoms with Gasteiger partial charge in [0.2, 0.25) is 0 Å². The number of halogens is 2. The van der Waals surface area contributed by atoms with Crippen LogP contribution in [0.15, 0.2) is 17.0 Å². The second kappa shape index (κ2) is 6.34. The highest BCUT2D eigenvalue weighted by Gasteiger charge is 2.39. The van der Waals surface area contributed by atoms with Crippen LogP contribution in [0, 0.1) is 11.6 Å². The van der Waals surface area contributed by atoms with Crippen molar-refractivity contribution in [1.82, 2.24) is 0 Å². The van der Waals surface area contributed by atoms with Crippen molar-refractivity contribution in [2.45, 2.75) is 41.4 Å². The van der Waals surface area contributed by atoms with Crippen molar-refractivity contribution >= 4 is 29.2 Å². The average molecular weight is 331 g/mol. The third kappa shape index (κ3) is 3.48. The smallest absolute Gasteiger partial charge is 0.141 e. The van der Waals surface area contributed by atoms with E-state index >= 15 is 0 Å². The summed E-state index contributed by atoms with van der Waals surface area (Å²) in [5.41, 5.74) is 5.52. The first-order chi connectivity index (χ1) is 10.1. The molecule has 2 nitrogen and oxygen atoms in total. The first kappa shape index (κ1) is 15.4. The van der Waals surface area contributed by atoms with E-state index in [1.54, 1.807) is 0 Å². The second-order valence-electron chi connectivity index (χ2n) is 5.69. The van der Waals surface area contributed by atoms with Crippen molar-refractivity contribution < 1.29 is 13.5 Å². The van der Waals surface area contributed by atoms with Crippen molar-refractivity contribution in [2.75, 3.05) is 23.8 Å². The summed E-state index contributed by atoms with van der Waals surface area (Å²) >= 11 is 3.26. The zero-order valence-corrected chi connectivity index (χ0v) is 13.4. The minimum absolute atomic E-state index is 0.0675. The van der Waals surface area contributed by atoms with Crippen LogP contribution in [0.1, 0.15) is 25.7 Å². The largest absolute Gasteiger partial charge is 0.399 e. The molecule has 2 fully saturated rings. The standard InChI is InChI=1S/C15H19F2NOS2/c16-12-7-10(18)8-13(17)14(12)21-11-1-4-19-15(9-11)2-5-20-6-3-15/h7-8,11H,1-6,9,18H2. The molecule has 0 aromatic heterocycles. The first-order valence-electron chi connectivity index (χ1n) is 7.21. The van der Waals surface area contributed by atoms with E-state index in [0.717, 1.165) is 37.2 Å². The summed E-state index contributed by atoms with van der Waals surface area (Å²) < 4.78 is 33.9. The molecule has 21 heavy (non-hydrogen) atoms. The fourth-order valence-electron chi connectivity index (χ4n) is 3.03. The van der Waals surface area contributed by atoms with Crippen LogP contribution < -0.4 is 5.73 Å². The van der Waals surface area contributed by atoms with Gasteiger partial charge in [-0.05, 0) is 49.3 Å². The van der Waals surface area contributed by atoms with E-state index in [-0.39, 0.29) is 21.4 Å². The molecule has 116 valence electrons. The lowest BCUT2D eigenvalue weighted by Gasteiger charge is -2.43. The van der Waals surface area contributed by atoms with Gasteiger partial charge in [-0.1, -0.05) is 0 Å². The van der Waals surface area contributed by atoms with Gasteiger partial charge in [-0.3, -0.25) is 0 Å². The number of rotatable bonds is 2. The summed E-state index contributed by atoms with van der Waals surface area (Å²) in [7, 11) is 0. The summed E-state index contributed by atoms with van der Waals surface area (Å²) in [5, 5.41) is 0.203. The Balaban J connectivity index is 1.73. The van der Waals surface area contributed by atoms with Crippen molar-refractivity contribution in [3.63, 3.8) is 0 Å². The lowest BCUT2D eigenvalue weighted by atomic mass is 9.88. The Bertz CT molecular complexity index is 492. The van der Waals surface area contributed by atoms with Gasteiger partial charge >= 0.3 is 0 Å². The molecule has 1 aromatic carbocycles. The van der Waals surface area contributed by atoms with E-state index < -0.39 is 11.6 Å². The molecule has 0 amide bonds. The predicted molar refractivity (Wildman–Crippen MR) is 84.9 cm³/mol. The van der Waals surface area contributed by atoms with Crippen LogP contribution >= 0.6 is 23.5 Å². The van der Waals surface area contributed by atoms with Crippen LogP contribution in [0.2, 0.25) is 0 Å². The number of ether oxygens (including phenoxy) is 1. The number of nitrogen functional groups attached to an aromatic ring is 1. The topological polar surface area (TPSA) is 35.2 Å². The highest BCUT2D eigenvalue weighted by molar-refractivity contribution is 8.00. The fourth-order valence-corrected chi connectivity index (χ4v) is 5.55. The molecule has 0 radical (unpaired) electrons. The molecule has 0 aliphatic carbocycles. The summed E-state index contributed by atoms with van der Waals surface area (Å²) in [6, 6.07) is 2.38. The monoisotopic (exact) mass is 331 g/mol. The molecule has 2 aliphatic heterocycles. The first-order valence-corrected chi connectivity index (χ1v) is 9.24. The van der Waals surface area contributed by atoms with Crippen molar-refractivity contribution in [3.8, 4) is 0 Å². The molecule has 1 unspecified atom stereocenters. The van der Waals surface area contributed by atoms with E-state index in [4.69, 9.17) is 10.5 Å². The van der Waals surface area contributed by atoms with Crippen LogP contribution in [0.4, 0.5) is 14.5 Å². The van der Waals surface area contributed by atoms with Gasteiger partial charge < -0.3 is 10.5 Å². The molecular formula is C15H19F2NOS2. The number of anilines is 1. The van der Waals surface area contributed by atoms with Gasteiger partial charge in [0.25, 0.3) is 0 Å². The Labute approximate surface area is 132 Å². The van der Waals surface area contributed by atoms with E-state index in [1.807, 2.05) is 11.8 Å². The number of hydrogen-bond donors (Lipinski definition) is 1. The zero-order valence-electron chi connectivity index (χ0n) is 11.7. The zero-order chi connectivity index (χ0) is 14.9. The van der Waals surface area contributed by atoms with E-state index in [1.165, 1.54) is 23.9 Å². The normalized spacial score (nSPS) is 25.1. The summed E-state index contributed by atoms with van der Waals surface area (Å²) in [6.45, 7) is 0.681. The number of nitrogens with two attached hydrogens (primary N) is 1. The molecule has 2 N–H and O–H groups in total. The van der Waals surface area contributed by atoms with Gasteiger partial charge in [-0.2, -0.15) is 11.8 Å². The maximum absolute atomic E-state index is 13.9. The van der Waals surface area contributed by atoms with Gasteiger partial charge in [0, 0.05) is 17.5 Å². The van der Waals surface area contributed by atoms with Crippen LogP contribution in [0.25, 0.3) is 0 Å². The van der Waals surface area contributed by atoms with Crippen LogP contribution in [0.3, 0.4) is 0 Å². The molecule has 1 aromatic rings. The van der Waals surface area contributed by atoms with Crippen LogP contribution in [-0.2, 0) is 4.74 Å². The quantitative estimate of drug-likeness (QED) is 0.828. The van der Waals surface area contributed by atoms with Gasteiger partial charge in [0.1, 0.15) is 11.6 Å². The Hall–Kier alpha value is -0.460. The Morgan fingerprint density at radius 2 is 1.90 bits per heavy atom. The van der Waals surface area contributed by atoms with E-state index in [0.29, 0.717) is 6.61 Å². The number of hydrogen-bond acceptors (Lipinski definition) is 4. The SMILES string of the molecule is Nc1cc(F)c(SC2CCOC3(CCSCC3)C2)c(F)c1. The summed E-state index contributed by atoms with van der Waals surface area (Å²) in [5.74, 6) is 1.11. The highest BCUT2D eigenvalue weighted by atomic mass is 32.2. The van der Waals surface area contributed by atoms with E-state index in [2.05, 4.69) is 0 Å². The maximum atomic E-state index is 13.9. The van der Waals surface area contributed by atoms with Gasteiger partial charge in [-0.15, -0.1) is 11.8 Å². The fraction of sp³-hybridized carbons (Fsp3) is 0.600. The van der Waals surface area contributed by atoms with Crippen molar-refractivity contribution in [3.05, 3.63) is 23.8 Å². The molecule has 2 aliphatic rings. The Morgan fingerprint density at radius 3 is 2.57 bits per heavy atom. The minimum atomic E-state index is -0.558. The third-order valence-corrected chi connectivity index (χ3v) is 6.50. The maximum Gasteiger partial charge on any atom is 0.141 e. The van der Waals surface area contributed by atoms with Gasteiger partial charge in [-0.25, -0.2) is 8.78 Å². The molecule has 6 heteroatoms. The lowest BCUT2D eigenvalue weighted by Crippen LogP contribution is -2.43. The molecule has 2 heterocycles. The molecule has 1 atom stereocenters. The molecule has 3 rings (SSSR count). The molecule has 0 bridgehead atoms. The van der Waals surface area contributed by atoms with Gasteiger partial charge in [0.15, 0.2) is 0 Å². The van der Waals surface area contributed by atoms with E-state index in [9.17, 15) is 8.78 Å². The minimum Gasteiger partial charge on any atom is -0.399 e. The summed E-state index contributed by atoms with van der Waals surface area (Å²) in [4.78, 5) is 0.0939. The summed E-state index contributed by atoms with van der Waals surface area (Å²) in [6.07, 6.45) is 3.80. The predicted octanol–water partition coefficient (Wildman–Crippen LogP) is 4.08. The van der Waals surface area contributed by atoms with Gasteiger partial charge in [0.05, 0.1) is 10.5 Å². The van der Waals surface area contributed by atoms with Crippen LogP contribution in [-0.4, -0.2) is 29.0 Å². The highest BCUT2D eigenvalue weighted by Crippen LogP contribution is 2.43. The molecular weight excluding hydrogens is 312 g/mol.